The maximum Gasteiger partial charge on any atom is 0.258 e. The van der Waals surface area contributed by atoms with Crippen molar-refractivity contribution in [3.8, 4) is 17.0 Å². The van der Waals surface area contributed by atoms with E-state index in [1.807, 2.05) is 67.3 Å². The lowest BCUT2D eigenvalue weighted by Gasteiger charge is -2.28. The van der Waals surface area contributed by atoms with E-state index in [4.69, 9.17) is 26.3 Å². The Kier molecular flexibility index (Phi) is 8.47. The van der Waals surface area contributed by atoms with E-state index in [2.05, 4.69) is 11.8 Å². The highest BCUT2D eigenvalue weighted by molar-refractivity contribution is 6.33. The molecule has 1 aliphatic carbocycles. The summed E-state index contributed by atoms with van der Waals surface area (Å²) in [4.78, 5) is 27.7. The average Bonchev–Trinajstić information content (AvgIpc) is 3.71. The molecule has 1 amide bonds. The molecule has 0 bridgehead atoms. The van der Waals surface area contributed by atoms with Gasteiger partial charge in [-0.25, -0.2) is 9.97 Å². The van der Waals surface area contributed by atoms with E-state index in [1.165, 1.54) is 12.8 Å². The molecule has 1 fully saturated rings. The van der Waals surface area contributed by atoms with Gasteiger partial charge in [0.05, 0.1) is 18.4 Å². The second-order valence-electron chi connectivity index (χ2n) is 9.68. The molecule has 190 valence electrons. The Bertz CT molecular complexity index is 1200. The van der Waals surface area contributed by atoms with Crippen molar-refractivity contribution >= 4 is 23.5 Å². The molecule has 0 saturated heterocycles. The fraction of sp³-hybridized carbons (Fsp3) is 0.414. The number of amides is 1. The Morgan fingerprint density at radius 1 is 1.17 bits per heavy atom. The van der Waals surface area contributed by atoms with E-state index in [9.17, 15) is 4.79 Å². The summed E-state index contributed by atoms with van der Waals surface area (Å²) in [6.07, 6.45) is 5.18. The Balaban J connectivity index is 1.74. The second kappa shape index (κ2) is 11.7. The molecule has 1 aliphatic rings. The zero-order chi connectivity index (χ0) is 25.7. The summed E-state index contributed by atoms with van der Waals surface area (Å²) < 4.78 is 5.38. The van der Waals surface area contributed by atoms with Crippen LogP contribution in [0, 0.1) is 5.92 Å². The van der Waals surface area contributed by atoms with Crippen molar-refractivity contribution in [3.05, 3.63) is 70.9 Å². The summed E-state index contributed by atoms with van der Waals surface area (Å²) in [5.74, 6) is 1.99. The molecule has 0 N–H and O–H groups in total. The molecule has 0 spiro atoms. The van der Waals surface area contributed by atoms with Gasteiger partial charge in [0.15, 0.2) is 0 Å². The first-order valence-corrected chi connectivity index (χ1v) is 13.1. The highest BCUT2D eigenvalue weighted by atomic mass is 35.5. The molecular formula is C29H35ClN4O2. The molecule has 0 aliphatic heterocycles. The lowest BCUT2D eigenvalue weighted by atomic mass is 10.0. The highest BCUT2D eigenvalue weighted by Crippen LogP contribution is 2.34. The molecule has 6 nitrogen and oxygen atoms in total. The minimum absolute atomic E-state index is 0.0334. The van der Waals surface area contributed by atoms with E-state index >= 15 is 0 Å². The van der Waals surface area contributed by atoms with Gasteiger partial charge >= 0.3 is 0 Å². The molecule has 2 aromatic carbocycles. The Morgan fingerprint density at radius 2 is 1.94 bits per heavy atom. The zero-order valence-electron chi connectivity index (χ0n) is 21.6. The van der Waals surface area contributed by atoms with Gasteiger partial charge in [0, 0.05) is 42.5 Å². The molecule has 3 aromatic rings. The van der Waals surface area contributed by atoms with E-state index in [1.54, 1.807) is 13.3 Å². The van der Waals surface area contributed by atoms with Crippen molar-refractivity contribution in [1.29, 1.82) is 0 Å². The summed E-state index contributed by atoms with van der Waals surface area (Å²) >= 11 is 6.62. The van der Waals surface area contributed by atoms with Gasteiger partial charge in [0.1, 0.15) is 5.75 Å². The Labute approximate surface area is 219 Å². The molecular weight excluding hydrogens is 472 g/mol. The van der Waals surface area contributed by atoms with Gasteiger partial charge in [-0.3, -0.25) is 4.79 Å². The fourth-order valence-corrected chi connectivity index (χ4v) is 4.53. The van der Waals surface area contributed by atoms with Gasteiger partial charge in [-0.2, -0.15) is 0 Å². The van der Waals surface area contributed by atoms with Crippen LogP contribution in [0.3, 0.4) is 0 Å². The third-order valence-corrected chi connectivity index (χ3v) is 6.79. The Hall–Kier alpha value is -3.12. The zero-order valence-corrected chi connectivity index (χ0v) is 22.3. The normalized spacial score (nSPS) is 13.1. The Morgan fingerprint density at radius 3 is 2.61 bits per heavy atom. The number of halogens is 1. The number of anilines is 1. The molecule has 7 heteroatoms. The van der Waals surface area contributed by atoms with Crippen molar-refractivity contribution in [2.45, 2.75) is 52.6 Å². The molecule has 0 radical (unpaired) electrons. The summed E-state index contributed by atoms with van der Waals surface area (Å²) in [6.45, 7) is 8.45. The molecule has 0 unspecified atom stereocenters. The number of carbonyl (C=O) groups is 1. The van der Waals surface area contributed by atoms with Crippen LogP contribution < -0.4 is 9.64 Å². The molecule has 1 saturated carbocycles. The molecule has 1 heterocycles. The largest absolute Gasteiger partial charge is 0.497 e. The first-order valence-electron chi connectivity index (χ1n) is 12.7. The number of hydrogen-bond acceptors (Lipinski definition) is 5. The predicted octanol–water partition coefficient (Wildman–Crippen LogP) is 6.48. The maximum absolute atomic E-state index is 14.0. The standard InChI is InChI=1S/C29H35ClN4O2/c1-5-15-33(18-21-13-14-21)29-31-17-25(27(32-29)24-11-6-7-12-26(24)30)28(35)34(20(2)3)19-22-9-8-10-23(16-22)36-4/h6-12,16-17,20-21H,5,13-15,18-19H2,1-4H3. The first kappa shape index (κ1) is 26.0. The molecule has 1 aromatic heterocycles. The minimum atomic E-state index is -0.126. The topological polar surface area (TPSA) is 58.6 Å². The fourth-order valence-electron chi connectivity index (χ4n) is 4.31. The van der Waals surface area contributed by atoms with Crippen LogP contribution in [-0.2, 0) is 6.54 Å². The van der Waals surface area contributed by atoms with Crippen LogP contribution in [0.2, 0.25) is 5.02 Å². The summed E-state index contributed by atoms with van der Waals surface area (Å²) in [7, 11) is 1.64. The maximum atomic E-state index is 14.0. The SMILES string of the molecule is CCCN(CC1CC1)c1ncc(C(=O)N(Cc2cccc(OC)c2)C(C)C)c(-c2ccccc2Cl)n1. The van der Waals surface area contributed by atoms with Gasteiger partial charge in [-0.05, 0) is 62.8 Å². The molecule has 4 rings (SSSR count). The number of carbonyl (C=O) groups excluding carboxylic acids is 1. The van der Waals surface area contributed by atoms with Crippen LogP contribution >= 0.6 is 11.6 Å². The average molecular weight is 507 g/mol. The van der Waals surface area contributed by atoms with Crippen molar-refractivity contribution in [1.82, 2.24) is 14.9 Å². The quantitative estimate of drug-likeness (QED) is 0.298. The van der Waals surface area contributed by atoms with Crippen molar-refractivity contribution in [2.75, 3.05) is 25.1 Å². The summed E-state index contributed by atoms with van der Waals surface area (Å²) in [5.41, 5.74) is 2.75. The van der Waals surface area contributed by atoms with E-state index in [0.29, 0.717) is 34.7 Å². The summed E-state index contributed by atoms with van der Waals surface area (Å²) in [6, 6.07) is 15.3. The van der Waals surface area contributed by atoms with Crippen LogP contribution in [0.25, 0.3) is 11.3 Å². The van der Waals surface area contributed by atoms with E-state index in [-0.39, 0.29) is 11.9 Å². The predicted molar refractivity (Wildman–Crippen MR) is 146 cm³/mol. The van der Waals surface area contributed by atoms with Gasteiger partial charge in [0.25, 0.3) is 5.91 Å². The van der Waals surface area contributed by atoms with Gasteiger partial charge in [0.2, 0.25) is 5.95 Å². The second-order valence-corrected chi connectivity index (χ2v) is 10.1. The van der Waals surface area contributed by atoms with Gasteiger partial charge < -0.3 is 14.5 Å². The minimum Gasteiger partial charge on any atom is -0.497 e. The number of methoxy groups -OCH3 is 1. The van der Waals surface area contributed by atoms with E-state index in [0.717, 1.165) is 36.4 Å². The number of rotatable bonds is 11. The van der Waals surface area contributed by atoms with E-state index < -0.39 is 0 Å². The van der Waals surface area contributed by atoms with Crippen LogP contribution in [-0.4, -0.2) is 47.0 Å². The number of hydrogen-bond donors (Lipinski definition) is 0. The summed E-state index contributed by atoms with van der Waals surface area (Å²) in [5, 5.41) is 0.560. The van der Waals surface area contributed by atoms with Crippen LogP contribution in [0.15, 0.2) is 54.7 Å². The van der Waals surface area contributed by atoms with Crippen LogP contribution in [0.5, 0.6) is 5.75 Å². The number of benzene rings is 2. The first-order chi connectivity index (χ1) is 17.4. The van der Waals surface area contributed by atoms with Crippen LogP contribution in [0.4, 0.5) is 5.95 Å². The third-order valence-electron chi connectivity index (χ3n) is 6.46. The molecule has 0 atom stereocenters. The number of nitrogens with zero attached hydrogens (tertiary/aromatic N) is 4. The van der Waals surface area contributed by atoms with Gasteiger partial charge in [-0.15, -0.1) is 0 Å². The molecule has 36 heavy (non-hydrogen) atoms. The van der Waals surface area contributed by atoms with Gasteiger partial charge in [-0.1, -0.05) is 48.9 Å². The smallest absolute Gasteiger partial charge is 0.258 e. The van der Waals surface area contributed by atoms with Crippen LogP contribution in [0.1, 0.15) is 56.0 Å². The lowest BCUT2D eigenvalue weighted by molar-refractivity contribution is 0.0690. The highest BCUT2D eigenvalue weighted by Gasteiger charge is 2.28. The monoisotopic (exact) mass is 506 g/mol. The van der Waals surface area contributed by atoms with Crippen molar-refractivity contribution < 1.29 is 9.53 Å². The third kappa shape index (κ3) is 6.16. The van der Waals surface area contributed by atoms with Crippen molar-refractivity contribution in [3.63, 3.8) is 0 Å². The number of aromatic nitrogens is 2. The van der Waals surface area contributed by atoms with Crippen molar-refractivity contribution in [2.24, 2.45) is 5.92 Å². The number of ether oxygens (including phenoxy) is 1. The lowest BCUT2D eigenvalue weighted by Crippen LogP contribution is -2.37.